The Labute approximate surface area is 152 Å². The van der Waals surface area contributed by atoms with E-state index in [1.807, 2.05) is 20.2 Å². The third-order valence-electron chi connectivity index (χ3n) is 5.01. The van der Waals surface area contributed by atoms with Gasteiger partial charge in [0.05, 0.1) is 5.56 Å². The van der Waals surface area contributed by atoms with Gasteiger partial charge in [0.1, 0.15) is 0 Å². The van der Waals surface area contributed by atoms with Crippen LogP contribution in [0.2, 0.25) is 0 Å². The second kappa shape index (κ2) is 6.32. The second-order valence-electron chi connectivity index (χ2n) is 6.53. The van der Waals surface area contributed by atoms with Crippen LogP contribution in [0.15, 0.2) is 60.7 Å². The van der Waals surface area contributed by atoms with Crippen LogP contribution in [0.25, 0.3) is 32.8 Å². The number of carbonyl (C=O) groups excluding carboxylic acids is 1. The van der Waals surface area contributed by atoms with Crippen molar-refractivity contribution in [2.45, 2.75) is 6.54 Å². The van der Waals surface area contributed by atoms with Crippen molar-refractivity contribution in [2.75, 3.05) is 7.05 Å². The molecule has 130 valence electrons. The van der Waals surface area contributed by atoms with E-state index in [1.165, 1.54) is 16.3 Å². The number of aromatic nitrogens is 1. The molecule has 3 N–H and O–H groups in total. The maximum atomic E-state index is 12.0. The lowest BCUT2D eigenvalue weighted by molar-refractivity contribution is 0.100. The van der Waals surface area contributed by atoms with Crippen molar-refractivity contribution in [3.8, 4) is 11.1 Å². The number of fused-ring (bicyclic) bond motifs is 2. The van der Waals surface area contributed by atoms with Crippen LogP contribution < -0.4 is 11.1 Å². The molecule has 26 heavy (non-hydrogen) atoms. The standard InChI is InChI=1S/C22H21N3O/c1-24-13-20-21(22(23)26)18-11-10-15(12-19(18)25(20)2)17-9-5-7-14-6-3-4-8-16(14)17/h3-12,24H,13H2,1-2H3,(H2,23,26). The molecule has 1 heterocycles. The predicted molar refractivity (Wildman–Crippen MR) is 107 cm³/mol. The summed E-state index contributed by atoms with van der Waals surface area (Å²) in [6, 6.07) is 20.9. The zero-order chi connectivity index (χ0) is 18.3. The highest BCUT2D eigenvalue weighted by molar-refractivity contribution is 6.09. The summed E-state index contributed by atoms with van der Waals surface area (Å²) in [5.41, 5.74) is 10.5. The number of nitrogens with two attached hydrogens (primary N) is 1. The number of nitrogens with one attached hydrogen (secondary N) is 1. The lowest BCUT2D eigenvalue weighted by Crippen LogP contribution is -2.17. The summed E-state index contributed by atoms with van der Waals surface area (Å²) in [5.74, 6) is -0.390. The minimum atomic E-state index is -0.390. The predicted octanol–water partition coefficient (Wildman–Crippen LogP) is 3.82. The fraction of sp³-hybridized carbons (Fsp3) is 0.136. The van der Waals surface area contributed by atoms with Crippen LogP contribution in [0.4, 0.5) is 0 Å². The number of nitrogens with zero attached hydrogens (tertiary/aromatic N) is 1. The molecule has 0 atom stereocenters. The highest BCUT2D eigenvalue weighted by Gasteiger charge is 2.19. The molecule has 0 aliphatic heterocycles. The van der Waals surface area contributed by atoms with E-state index in [1.54, 1.807) is 0 Å². The number of amides is 1. The van der Waals surface area contributed by atoms with Crippen molar-refractivity contribution in [1.29, 1.82) is 0 Å². The lowest BCUT2D eigenvalue weighted by Gasteiger charge is -2.08. The number of carbonyl (C=O) groups is 1. The van der Waals surface area contributed by atoms with Crippen molar-refractivity contribution in [3.63, 3.8) is 0 Å². The topological polar surface area (TPSA) is 60.0 Å². The molecule has 4 aromatic rings. The molecule has 0 radical (unpaired) electrons. The number of benzene rings is 3. The summed E-state index contributed by atoms with van der Waals surface area (Å²) in [4.78, 5) is 12.0. The average molecular weight is 343 g/mol. The minimum Gasteiger partial charge on any atom is -0.366 e. The maximum absolute atomic E-state index is 12.0. The van der Waals surface area contributed by atoms with Crippen LogP contribution in [-0.2, 0) is 13.6 Å². The average Bonchev–Trinajstić information content (AvgIpc) is 2.93. The van der Waals surface area contributed by atoms with E-state index in [9.17, 15) is 4.79 Å². The van der Waals surface area contributed by atoms with E-state index in [4.69, 9.17) is 5.73 Å². The smallest absolute Gasteiger partial charge is 0.251 e. The first-order valence-electron chi connectivity index (χ1n) is 8.65. The molecule has 0 unspecified atom stereocenters. The molecular weight excluding hydrogens is 322 g/mol. The number of aryl methyl sites for hydroxylation is 1. The quantitative estimate of drug-likeness (QED) is 0.592. The normalized spacial score (nSPS) is 11.3. The molecule has 0 bridgehead atoms. The van der Waals surface area contributed by atoms with Crippen LogP contribution in [0.1, 0.15) is 16.1 Å². The van der Waals surface area contributed by atoms with Gasteiger partial charge in [-0.15, -0.1) is 0 Å². The first-order valence-corrected chi connectivity index (χ1v) is 8.65. The monoisotopic (exact) mass is 343 g/mol. The van der Waals surface area contributed by atoms with Crippen LogP contribution >= 0.6 is 0 Å². The molecule has 0 fully saturated rings. The summed E-state index contributed by atoms with van der Waals surface area (Å²) >= 11 is 0. The summed E-state index contributed by atoms with van der Waals surface area (Å²) in [6.45, 7) is 0.590. The molecule has 1 amide bonds. The van der Waals surface area contributed by atoms with Gasteiger partial charge in [0.15, 0.2) is 0 Å². The van der Waals surface area contributed by atoms with Crippen LogP contribution in [0.5, 0.6) is 0 Å². The molecule has 0 aliphatic rings. The molecular formula is C22H21N3O. The maximum Gasteiger partial charge on any atom is 0.251 e. The van der Waals surface area contributed by atoms with E-state index < -0.39 is 5.91 Å². The molecule has 1 aromatic heterocycles. The highest BCUT2D eigenvalue weighted by Crippen LogP contribution is 2.33. The van der Waals surface area contributed by atoms with Gasteiger partial charge in [-0.25, -0.2) is 0 Å². The highest BCUT2D eigenvalue weighted by atomic mass is 16.1. The summed E-state index contributed by atoms with van der Waals surface area (Å²) in [7, 11) is 3.85. The summed E-state index contributed by atoms with van der Waals surface area (Å²) in [5, 5.41) is 6.45. The van der Waals surface area contributed by atoms with Crippen LogP contribution in [-0.4, -0.2) is 17.5 Å². The fourth-order valence-corrected chi connectivity index (χ4v) is 3.78. The Morgan fingerprint density at radius 2 is 1.81 bits per heavy atom. The number of rotatable bonds is 4. The van der Waals surface area contributed by atoms with Gasteiger partial charge < -0.3 is 15.6 Å². The molecule has 0 aliphatic carbocycles. The van der Waals surface area contributed by atoms with E-state index in [0.717, 1.165) is 22.2 Å². The van der Waals surface area contributed by atoms with Gasteiger partial charge >= 0.3 is 0 Å². The number of hydrogen-bond acceptors (Lipinski definition) is 2. The molecule has 0 spiro atoms. The number of hydrogen-bond donors (Lipinski definition) is 2. The van der Waals surface area contributed by atoms with Gasteiger partial charge in [-0.3, -0.25) is 4.79 Å². The lowest BCUT2D eigenvalue weighted by atomic mass is 9.97. The van der Waals surface area contributed by atoms with E-state index in [-0.39, 0.29) is 0 Å². The van der Waals surface area contributed by atoms with Crippen molar-refractivity contribution in [2.24, 2.45) is 12.8 Å². The Hall–Kier alpha value is -3.11. The third-order valence-corrected chi connectivity index (χ3v) is 5.01. The van der Waals surface area contributed by atoms with E-state index in [0.29, 0.717) is 12.1 Å². The Balaban J connectivity index is 1.99. The first kappa shape index (κ1) is 16.4. The zero-order valence-electron chi connectivity index (χ0n) is 14.9. The first-order chi connectivity index (χ1) is 12.6. The molecule has 4 rings (SSSR count). The van der Waals surface area contributed by atoms with Crippen LogP contribution in [0.3, 0.4) is 0 Å². The Morgan fingerprint density at radius 1 is 1.04 bits per heavy atom. The molecule has 0 saturated carbocycles. The van der Waals surface area contributed by atoms with Crippen molar-refractivity contribution in [3.05, 3.63) is 71.9 Å². The molecule has 4 heteroatoms. The van der Waals surface area contributed by atoms with E-state index in [2.05, 4.69) is 64.5 Å². The molecule has 0 saturated heterocycles. The fourth-order valence-electron chi connectivity index (χ4n) is 3.78. The largest absolute Gasteiger partial charge is 0.366 e. The Morgan fingerprint density at radius 3 is 2.58 bits per heavy atom. The van der Waals surface area contributed by atoms with Crippen molar-refractivity contribution in [1.82, 2.24) is 9.88 Å². The van der Waals surface area contributed by atoms with Gasteiger partial charge in [0, 0.05) is 30.2 Å². The Bertz CT molecular complexity index is 1140. The summed E-state index contributed by atoms with van der Waals surface area (Å²) < 4.78 is 2.06. The van der Waals surface area contributed by atoms with Gasteiger partial charge in [-0.05, 0) is 35.0 Å². The van der Waals surface area contributed by atoms with Gasteiger partial charge in [0.2, 0.25) is 0 Å². The minimum absolute atomic E-state index is 0.390. The Kier molecular flexibility index (Phi) is 3.98. The van der Waals surface area contributed by atoms with Gasteiger partial charge in [0.25, 0.3) is 5.91 Å². The second-order valence-corrected chi connectivity index (χ2v) is 6.53. The molecule has 4 nitrogen and oxygen atoms in total. The van der Waals surface area contributed by atoms with Crippen molar-refractivity contribution < 1.29 is 4.79 Å². The van der Waals surface area contributed by atoms with Gasteiger partial charge in [-0.1, -0.05) is 54.6 Å². The van der Waals surface area contributed by atoms with Crippen LogP contribution in [0, 0.1) is 0 Å². The SMILES string of the molecule is CNCc1c(C(N)=O)c2ccc(-c3cccc4ccccc34)cc2n1C. The van der Waals surface area contributed by atoms with E-state index >= 15 is 0 Å². The van der Waals surface area contributed by atoms with Crippen molar-refractivity contribution >= 4 is 27.6 Å². The van der Waals surface area contributed by atoms with Gasteiger partial charge in [-0.2, -0.15) is 0 Å². The zero-order valence-corrected chi connectivity index (χ0v) is 14.9. The third kappa shape index (κ3) is 2.47. The summed E-state index contributed by atoms with van der Waals surface area (Å²) in [6.07, 6.45) is 0. The number of primary amides is 1. The molecule has 3 aromatic carbocycles.